The van der Waals surface area contributed by atoms with E-state index in [4.69, 9.17) is 4.74 Å². The van der Waals surface area contributed by atoms with E-state index < -0.39 is 0 Å². The van der Waals surface area contributed by atoms with Gasteiger partial charge < -0.3 is 4.74 Å². The fourth-order valence-corrected chi connectivity index (χ4v) is 2.42. The maximum Gasteiger partial charge on any atom is 0.118 e. The molecule has 17 heavy (non-hydrogen) atoms. The van der Waals surface area contributed by atoms with Gasteiger partial charge in [0.1, 0.15) is 5.75 Å². The van der Waals surface area contributed by atoms with E-state index in [1.54, 1.807) is 7.11 Å². The highest BCUT2D eigenvalue weighted by molar-refractivity contribution is 7.12. The first kappa shape index (κ1) is 11.9. The minimum Gasteiger partial charge on any atom is -0.497 e. The van der Waals surface area contributed by atoms with Crippen LogP contribution >= 0.6 is 11.3 Å². The molecule has 0 spiro atoms. The Kier molecular flexibility index (Phi) is 3.99. The van der Waals surface area contributed by atoms with Gasteiger partial charge in [-0.1, -0.05) is 25.1 Å². The van der Waals surface area contributed by atoms with Crippen LogP contribution in [-0.4, -0.2) is 7.11 Å². The van der Waals surface area contributed by atoms with E-state index in [2.05, 4.69) is 43.3 Å². The van der Waals surface area contributed by atoms with Crippen molar-refractivity contribution < 1.29 is 4.74 Å². The van der Waals surface area contributed by atoms with Crippen LogP contribution in [0.3, 0.4) is 0 Å². The molecule has 0 atom stereocenters. The van der Waals surface area contributed by atoms with E-state index in [9.17, 15) is 0 Å². The maximum atomic E-state index is 5.13. The van der Waals surface area contributed by atoms with Crippen LogP contribution in [0.2, 0.25) is 0 Å². The lowest BCUT2D eigenvalue weighted by atomic mass is 10.2. The lowest BCUT2D eigenvalue weighted by molar-refractivity contribution is 0.415. The zero-order valence-corrected chi connectivity index (χ0v) is 11.0. The number of ether oxygens (including phenoxy) is 1. The van der Waals surface area contributed by atoms with Crippen LogP contribution in [0.1, 0.15) is 22.2 Å². The molecule has 0 bridgehead atoms. The summed E-state index contributed by atoms with van der Waals surface area (Å²) < 4.78 is 5.13. The lowest BCUT2D eigenvalue weighted by Gasteiger charge is -1.98. The molecule has 0 saturated heterocycles. The standard InChI is InChI=1S/C15H16OS/c1-3-14-10-11-15(17-14)9-6-12-4-7-13(16-2)8-5-12/h4-11H,3H2,1-2H3/b9-6+. The van der Waals surface area contributed by atoms with Crippen LogP contribution in [0.15, 0.2) is 36.4 Å². The second-order valence-electron chi connectivity index (χ2n) is 3.76. The predicted octanol–water partition coefficient (Wildman–Crippen LogP) is 4.49. The highest BCUT2D eigenvalue weighted by atomic mass is 32.1. The van der Waals surface area contributed by atoms with E-state index in [0.29, 0.717) is 0 Å². The highest BCUT2D eigenvalue weighted by Gasteiger charge is 1.94. The van der Waals surface area contributed by atoms with Crippen molar-refractivity contribution >= 4 is 23.5 Å². The normalized spacial score (nSPS) is 10.9. The average molecular weight is 244 g/mol. The molecule has 1 aromatic heterocycles. The van der Waals surface area contributed by atoms with Gasteiger partial charge in [0, 0.05) is 9.75 Å². The number of thiophene rings is 1. The first-order chi connectivity index (χ1) is 8.31. The maximum absolute atomic E-state index is 5.13. The summed E-state index contributed by atoms with van der Waals surface area (Å²) in [6.07, 6.45) is 5.40. The second-order valence-corrected chi connectivity index (χ2v) is 4.96. The Balaban J connectivity index is 2.08. The largest absolute Gasteiger partial charge is 0.497 e. The van der Waals surface area contributed by atoms with Crippen molar-refractivity contribution in [2.75, 3.05) is 7.11 Å². The third kappa shape index (κ3) is 3.21. The third-order valence-corrected chi connectivity index (χ3v) is 3.78. The molecule has 1 heterocycles. The van der Waals surface area contributed by atoms with E-state index >= 15 is 0 Å². The van der Waals surface area contributed by atoms with Gasteiger partial charge >= 0.3 is 0 Å². The number of methoxy groups -OCH3 is 1. The van der Waals surface area contributed by atoms with Gasteiger partial charge in [0.2, 0.25) is 0 Å². The third-order valence-electron chi connectivity index (χ3n) is 2.59. The van der Waals surface area contributed by atoms with Crippen molar-refractivity contribution in [2.45, 2.75) is 13.3 Å². The Bertz CT molecular complexity index is 494. The van der Waals surface area contributed by atoms with Gasteiger partial charge in [-0.2, -0.15) is 0 Å². The molecule has 0 aliphatic carbocycles. The van der Waals surface area contributed by atoms with Crippen LogP contribution in [-0.2, 0) is 6.42 Å². The van der Waals surface area contributed by atoms with Gasteiger partial charge in [-0.05, 0) is 42.3 Å². The molecular formula is C15H16OS. The van der Waals surface area contributed by atoms with Crippen LogP contribution in [0.4, 0.5) is 0 Å². The highest BCUT2D eigenvalue weighted by Crippen LogP contribution is 2.20. The van der Waals surface area contributed by atoms with Crippen molar-refractivity contribution in [3.8, 4) is 5.75 Å². The topological polar surface area (TPSA) is 9.23 Å². The minimum atomic E-state index is 0.895. The smallest absolute Gasteiger partial charge is 0.118 e. The Morgan fingerprint density at radius 2 is 1.82 bits per heavy atom. The van der Waals surface area contributed by atoms with Gasteiger partial charge in [0.25, 0.3) is 0 Å². The van der Waals surface area contributed by atoms with Gasteiger partial charge in [0.05, 0.1) is 7.11 Å². The molecule has 2 rings (SSSR count). The van der Waals surface area contributed by atoms with Crippen molar-refractivity contribution in [3.05, 3.63) is 51.7 Å². The molecule has 1 aromatic carbocycles. The molecule has 2 aromatic rings. The molecule has 2 heteroatoms. The Labute approximate surface area is 106 Å². The molecule has 0 radical (unpaired) electrons. The molecule has 0 aliphatic heterocycles. The van der Waals surface area contributed by atoms with Crippen molar-refractivity contribution in [3.63, 3.8) is 0 Å². The number of hydrogen-bond acceptors (Lipinski definition) is 2. The van der Waals surface area contributed by atoms with Gasteiger partial charge in [0.15, 0.2) is 0 Å². The summed E-state index contributed by atoms with van der Waals surface area (Å²) >= 11 is 1.85. The number of hydrogen-bond donors (Lipinski definition) is 0. The molecule has 0 fully saturated rings. The van der Waals surface area contributed by atoms with Gasteiger partial charge in [-0.15, -0.1) is 11.3 Å². The first-order valence-electron chi connectivity index (χ1n) is 5.72. The SMILES string of the molecule is CCc1ccc(/C=C/c2ccc(OC)cc2)s1. The Hall–Kier alpha value is -1.54. The van der Waals surface area contributed by atoms with E-state index in [-0.39, 0.29) is 0 Å². The Morgan fingerprint density at radius 1 is 1.06 bits per heavy atom. The molecule has 0 aliphatic rings. The lowest BCUT2D eigenvalue weighted by Crippen LogP contribution is -1.81. The number of rotatable bonds is 4. The molecule has 88 valence electrons. The predicted molar refractivity (Wildman–Crippen MR) is 75.6 cm³/mol. The molecule has 0 unspecified atom stereocenters. The summed E-state index contributed by atoms with van der Waals surface area (Å²) in [5.41, 5.74) is 1.19. The fraction of sp³-hybridized carbons (Fsp3) is 0.200. The monoisotopic (exact) mass is 244 g/mol. The van der Waals surface area contributed by atoms with Gasteiger partial charge in [-0.3, -0.25) is 0 Å². The summed E-state index contributed by atoms with van der Waals surface area (Å²) in [7, 11) is 1.68. The van der Waals surface area contributed by atoms with E-state index in [0.717, 1.165) is 12.2 Å². The molecular weight excluding hydrogens is 228 g/mol. The number of benzene rings is 1. The zero-order chi connectivity index (χ0) is 12.1. The van der Waals surface area contributed by atoms with Crippen LogP contribution < -0.4 is 4.74 Å². The average Bonchev–Trinajstić information content (AvgIpc) is 2.85. The van der Waals surface area contributed by atoms with E-state index in [1.807, 2.05) is 23.5 Å². The summed E-state index contributed by atoms with van der Waals surface area (Å²) in [4.78, 5) is 2.73. The summed E-state index contributed by atoms with van der Waals surface area (Å²) in [6, 6.07) is 12.4. The van der Waals surface area contributed by atoms with Crippen molar-refractivity contribution in [1.82, 2.24) is 0 Å². The zero-order valence-electron chi connectivity index (χ0n) is 10.1. The molecule has 0 saturated carbocycles. The second kappa shape index (κ2) is 5.69. The van der Waals surface area contributed by atoms with Crippen LogP contribution in [0, 0.1) is 0 Å². The quantitative estimate of drug-likeness (QED) is 0.770. The van der Waals surface area contributed by atoms with Crippen molar-refractivity contribution in [2.24, 2.45) is 0 Å². The fourth-order valence-electron chi connectivity index (χ4n) is 1.57. The van der Waals surface area contributed by atoms with Gasteiger partial charge in [-0.25, -0.2) is 0 Å². The number of aryl methyl sites for hydroxylation is 1. The minimum absolute atomic E-state index is 0.895. The first-order valence-corrected chi connectivity index (χ1v) is 6.54. The van der Waals surface area contributed by atoms with Crippen LogP contribution in [0.5, 0.6) is 5.75 Å². The summed E-state index contributed by atoms with van der Waals surface area (Å²) in [5, 5.41) is 0. The van der Waals surface area contributed by atoms with Crippen LogP contribution in [0.25, 0.3) is 12.2 Å². The summed E-state index contributed by atoms with van der Waals surface area (Å²) in [6.45, 7) is 2.18. The Morgan fingerprint density at radius 3 is 2.41 bits per heavy atom. The molecule has 1 nitrogen and oxygen atoms in total. The van der Waals surface area contributed by atoms with E-state index in [1.165, 1.54) is 15.3 Å². The van der Waals surface area contributed by atoms with Crippen molar-refractivity contribution in [1.29, 1.82) is 0 Å². The molecule has 0 amide bonds. The molecule has 0 N–H and O–H groups in total. The summed E-state index contributed by atoms with van der Waals surface area (Å²) in [5.74, 6) is 0.895.